The zero-order chi connectivity index (χ0) is 20.5. The van der Waals surface area contributed by atoms with Crippen molar-refractivity contribution in [3.8, 4) is 5.75 Å². The second-order valence-corrected chi connectivity index (χ2v) is 6.19. The Morgan fingerprint density at radius 3 is 2.55 bits per heavy atom. The lowest BCUT2D eigenvalue weighted by Gasteiger charge is -2.07. The Morgan fingerprint density at radius 1 is 1.03 bits per heavy atom. The monoisotopic (exact) mass is 387 g/mol. The predicted molar refractivity (Wildman–Crippen MR) is 113 cm³/mol. The zero-order valence-corrected chi connectivity index (χ0v) is 16.0. The number of rotatable bonds is 7. The summed E-state index contributed by atoms with van der Waals surface area (Å²) in [6.07, 6.45) is 6.30. The normalized spacial score (nSPS) is 10.5. The van der Waals surface area contributed by atoms with Crippen LogP contribution in [0.25, 0.3) is 6.08 Å². The van der Waals surface area contributed by atoms with Gasteiger partial charge in [-0.2, -0.15) is 0 Å². The van der Waals surface area contributed by atoms with Crippen LogP contribution in [0.3, 0.4) is 0 Å². The van der Waals surface area contributed by atoms with Gasteiger partial charge < -0.3 is 15.4 Å². The van der Waals surface area contributed by atoms with E-state index < -0.39 is 0 Å². The first-order valence-corrected chi connectivity index (χ1v) is 9.05. The van der Waals surface area contributed by atoms with E-state index >= 15 is 0 Å². The maximum absolute atomic E-state index is 12.1. The Balaban J connectivity index is 1.53. The van der Waals surface area contributed by atoms with Crippen molar-refractivity contribution in [3.63, 3.8) is 0 Å². The van der Waals surface area contributed by atoms with Crippen LogP contribution in [0.2, 0.25) is 0 Å². The second-order valence-electron chi connectivity index (χ2n) is 6.19. The van der Waals surface area contributed by atoms with Crippen molar-refractivity contribution in [2.24, 2.45) is 0 Å². The van der Waals surface area contributed by atoms with E-state index in [1.54, 1.807) is 43.6 Å². The molecule has 0 saturated carbocycles. The van der Waals surface area contributed by atoms with Gasteiger partial charge in [-0.15, -0.1) is 0 Å². The van der Waals surface area contributed by atoms with Gasteiger partial charge in [-0.25, -0.2) is 0 Å². The number of anilines is 1. The Bertz CT molecular complexity index is 999. The van der Waals surface area contributed by atoms with Gasteiger partial charge in [0.2, 0.25) is 5.91 Å². The predicted octanol–water partition coefficient (Wildman–Crippen LogP) is 3.67. The summed E-state index contributed by atoms with van der Waals surface area (Å²) in [6, 6.07) is 18.2. The molecule has 0 radical (unpaired) electrons. The van der Waals surface area contributed by atoms with E-state index in [2.05, 4.69) is 15.6 Å². The summed E-state index contributed by atoms with van der Waals surface area (Å²) < 4.78 is 5.26. The molecule has 2 aromatic carbocycles. The number of amides is 2. The number of carbonyl (C=O) groups is 2. The molecule has 29 heavy (non-hydrogen) atoms. The van der Waals surface area contributed by atoms with Crippen LogP contribution < -0.4 is 15.4 Å². The molecule has 0 saturated heterocycles. The average Bonchev–Trinajstić information content (AvgIpc) is 2.77. The van der Waals surface area contributed by atoms with Crippen molar-refractivity contribution in [1.82, 2.24) is 10.3 Å². The summed E-state index contributed by atoms with van der Waals surface area (Å²) in [7, 11) is 1.59. The van der Waals surface area contributed by atoms with Gasteiger partial charge in [0.15, 0.2) is 0 Å². The number of para-hydroxylation sites is 1. The molecule has 2 N–H and O–H groups in total. The van der Waals surface area contributed by atoms with Gasteiger partial charge in [-0.05, 0) is 42.0 Å². The lowest BCUT2D eigenvalue weighted by Crippen LogP contribution is -2.22. The van der Waals surface area contributed by atoms with Crippen LogP contribution in [0.4, 0.5) is 5.69 Å². The van der Waals surface area contributed by atoms with Gasteiger partial charge in [0.05, 0.1) is 12.7 Å². The van der Waals surface area contributed by atoms with Gasteiger partial charge in [-0.3, -0.25) is 14.6 Å². The topological polar surface area (TPSA) is 80.3 Å². The molecule has 1 heterocycles. The standard InChI is InChI=1S/C23H21N3O3/c1-29-21-7-3-2-5-18(21)10-13-22(27)26-20-11-8-17(9-12-20)15-25-23(28)19-6-4-14-24-16-19/h2-14,16H,15H2,1H3,(H,25,28)(H,26,27)/b13-10+. The van der Waals surface area contributed by atoms with Crippen LogP contribution in [0.15, 0.2) is 79.1 Å². The lowest BCUT2D eigenvalue weighted by atomic mass is 10.2. The van der Waals surface area contributed by atoms with E-state index in [4.69, 9.17) is 4.74 Å². The van der Waals surface area contributed by atoms with E-state index in [9.17, 15) is 9.59 Å². The number of nitrogens with one attached hydrogen (secondary N) is 2. The molecular weight excluding hydrogens is 366 g/mol. The molecule has 6 heteroatoms. The maximum atomic E-state index is 12.1. The van der Waals surface area contributed by atoms with Crippen molar-refractivity contribution in [2.75, 3.05) is 12.4 Å². The van der Waals surface area contributed by atoms with E-state index in [1.807, 2.05) is 36.4 Å². The first-order chi connectivity index (χ1) is 14.2. The van der Waals surface area contributed by atoms with Crippen LogP contribution in [0, 0.1) is 0 Å². The van der Waals surface area contributed by atoms with E-state index in [1.165, 1.54) is 12.3 Å². The van der Waals surface area contributed by atoms with Crippen LogP contribution in [-0.2, 0) is 11.3 Å². The van der Waals surface area contributed by atoms with Crippen molar-refractivity contribution >= 4 is 23.6 Å². The highest BCUT2D eigenvalue weighted by Crippen LogP contribution is 2.18. The third-order valence-corrected chi connectivity index (χ3v) is 4.15. The molecule has 0 fully saturated rings. The van der Waals surface area contributed by atoms with E-state index in [0.29, 0.717) is 23.5 Å². The molecule has 0 aliphatic rings. The Morgan fingerprint density at radius 2 is 1.83 bits per heavy atom. The van der Waals surface area contributed by atoms with Gasteiger partial charge in [0.1, 0.15) is 5.75 Å². The smallest absolute Gasteiger partial charge is 0.253 e. The zero-order valence-electron chi connectivity index (χ0n) is 16.0. The largest absolute Gasteiger partial charge is 0.496 e. The molecule has 6 nitrogen and oxygen atoms in total. The van der Waals surface area contributed by atoms with Crippen LogP contribution in [0.5, 0.6) is 5.75 Å². The Hall–Kier alpha value is -3.93. The van der Waals surface area contributed by atoms with Gasteiger partial charge in [0.25, 0.3) is 5.91 Å². The molecule has 0 aliphatic carbocycles. The van der Waals surface area contributed by atoms with E-state index in [0.717, 1.165) is 11.1 Å². The van der Waals surface area contributed by atoms with Crippen molar-refractivity contribution < 1.29 is 14.3 Å². The van der Waals surface area contributed by atoms with Gasteiger partial charge in [-0.1, -0.05) is 30.3 Å². The number of nitrogens with zero attached hydrogens (tertiary/aromatic N) is 1. The first kappa shape index (κ1) is 19.8. The molecule has 0 atom stereocenters. The molecular formula is C23H21N3O3. The summed E-state index contributed by atoms with van der Waals surface area (Å²) in [4.78, 5) is 28.1. The van der Waals surface area contributed by atoms with Crippen molar-refractivity contribution in [2.45, 2.75) is 6.54 Å². The van der Waals surface area contributed by atoms with Crippen molar-refractivity contribution in [1.29, 1.82) is 0 Å². The molecule has 1 aromatic heterocycles. The minimum absolute atomic E-state index is 0.183. The molecule has 3 rings (SSSR count). The van der Waals surface area contributed by atoms with Gasteiger partial charge >= 0.3 is 0 Å². The fourth-order valence-corrected chi connectivity index (χ4v) is 2.64. The Kier molecular flexibility index (Phi) is 6.73. The molecule has 0 aliphatic heterocycles. The van der Waals surface area contributed by atoms with Crippen LogP contribution >= 0.6 is 0 Å². The fourth-order valence-electron chi connectivity index (χ4n) is 2.64. The average molecular weight is 387 g/mol. The second kappa shape index (κ2) is 9.85. The quantitative estimate of drug-likeness (QED) is 0.606. The van der Waals surface area contributed by atoms with Gasteiger partial charge in [0, 0.05) is 36.3 Å². The fraction of sp³-hybridized carbons (Fsp3) is 0.0870. The number of benzene rings is 2. The van der Waals surface area contributed by atoms with Crippen molar-refractivity contribution in [3.05, 3.63) is 95.8 Å². The molecule has 0 spiro atoms. The summed E-state index contributed by atoms with van der Waals surface area (Å²) >= 11 is 0. The Labute approximate surface area is 169 Å². The minimum atomic E-state index is -0.242. The number of pyridine rings is 1. The number of hydrogen-bond donors (Lipinski definition) is 2. The number of methoxy groups -OCH3 is 1. The summed E-state index contributed by atoms with van der Waals surface area (Å²) in [5.41, 5.74) is 2.93. The lowest BCUT2D eigenvalue weighted by molar-refractivity contribution is -0.111. The summed E-state index contributed by atoms with van der Waals surface area (Å²) in [5, 5.41) is 5.64. The number of ether oxygens (including phenoxy) is 1. The number of carbonyl (C=O) groups excluding carboxylic acids is 2. The minimum Gasteiger partial charge on any atom is -0.496 e. The first-order valence-electron chi connectivity index (χ1n) is 9.05. The molecule has 2 amide bonds. The highest BCUT2D eigenvalue weighted by Gasteiger charge is 2.05. The molecule has 0 unspecified atom stereocenters. The SMILES string of the molecule is COc1ccccc1/C=C/C(=O)Nc1ccc(CNC(=O)c2cccnc2)cc1. The van der Waals surface area contributed by atoms with Crippen LogP contribution in [-0.4, -0.2) is 23.9 Å². The highest BCUT2D eigenvalue weighted by atomic mass is 16.5. The molecule has 146 valence electrons. The third kappa shape index (κ3) is 5.77. The highest BCUT2D eigenvalue weighted by molar-refractivity contribution is 6.02. The van der Waals surface area contributed by atoms with E-state index in [-0.39, 0.29) is 11.8 Å². The number of aromatic nitrogens is 1. The summed E-state index contributed by atoms with van der Waals surface area (Å²) in [6.45, 7) is 0.385. The molecule has 0 bridgehead atoms. The van der Waals surface area contributed by atoms with Crippen LogP contribution in [0.1, 0.15) is 21.5 Å². The number of hydrogen-bond acceptors (Lipinski definition) is 4. The third-order valence-electron chi connectivity index (χ3n) is 4.15. The molecule has 3 aromatic rings. The summed E-state index contributed by atoms with van der Waals surface area (Å²) in [5.74, 6) is 0.278. The maximum Gasteiger partial charge on any atom is 0.253 e.